The molecule has 5 heteroatoms. The number of benzene rings is 2. The first kappa shape index (κ1) is 21.2. The SMILES string of the molecule is Cc1ccccc1C(CC(C)C(=O)O)C(=O)c1cccc(OCc2ccncc2)c1. The summed E-state index contributed by atoms with van der Waals surface area (Å²) in [5.41, 5.74) is 3.32. The average molecular weight is 403 g/mol. The first-order valence-electron chi connectivity index (χ1n) is 9.90. The molecule has 0 aliphatic heterocycles. The maximum absolute atomic E-state index is 13.4. The van der Waals surface area contributed by atoms with E-state index in [0.29, 0.717) is 17.9 Å². The minimum Gasteiger partial charge on any atom is -0.489 e. The summed E-state index contributed by atoms with van der Waals surface area (Å²) in [4.78, 5) is 28.9. The number of Topliss-reactive ketones (excluding diaryl/α,β-unsaturated/α-hetero) is 1. The second kappa shape index (κ2) is 9.83. The number of carbonyl (C=O) groups excluding carboxylic acids is 1. The zero-order valence-corrected chi connectivity index (χ0v) is 17.1. The van der Waals surface area contributed by atoms with Crippen LogP contribution in [0.5, 0.6) is 5.75 Å². The maximum atomic E-state index is 13.4. The fourth-order valence-electron chi connectivity index (χ4n) is 3.39. The van der Waals surface area contributed by atoms with E-state index in [9.17, 15) is 14.7 Å². The summed E-state index contributed by atoms with van der Waals surface area (Å²) >= 11 is 0. The third-order valence-electron chi connectivity index (χ3n) is 5.16. The van der Waals surface area contributed by atoms with Gasteiger partial charge in [0, 0.05) is 23.9 Å². The van der Waals surface area contributed by atoms with Crippen LogP contribution in [-0.2, 0) is 11.4 Å². The summed E-state index contributed by atoms with van der Waals surface area (Å²) in [5.74, 6) is -1.59. The third-order valence-corrected chi connectivity index (χ3v) is 5.16. The summed E-state index contributed by atoms with van der Waals surface area (Å²) in [6.45, 7) is 3.95. The quantitative estimate of drug-likeness (QED) is 0.506. The molecule has 0 spiro atoms. The summed E-state index contributed by atoms with van der Waals surface area (Å²) < 4.78 is 5.84. The maximum Gasteiger partial charge on any atom is 0.306 e. The molecule has 0 radical (unpaired) electrons. The first-order valence-corrected chi connectivity index (χ1v) is 9.90. The Morgan fingerprint density at radius 1 is 1.03 bits per heavy atom. The van der Waals surface area contributed by atoms with Crippen LogP contribution in [0.25, 0.3) is 0 Å². The molecule has 2 atom stereocenters. The van der Waals surface area contributed by atoms with E-state index in [0.717, 1.165) is 16.7 Å². The van der Waals surface area contributed by atoms with E-state index in [1.807, 2.05) is 43.3 Å². The van der Waals surface area contributed by atoms with Gasteiger partial charge in [0.1, 0.15) is 12.4 Å². The summed E-state index contributed by atoms with van der Waals surface area (Å²) in [6, 6.07) is 18.4. The number of rotatable bonds is 9. The smallest absolute Gasteiger partial charge is 0.306 e. The van der Waals surface area contributed by atoms with E-state index >= 15 is 0 Å². The molecule has 2 unspecified atom stereocenters. The second-order valence-corrected chi connectivity index (χ2v) is 7.42. The highest BCUT2D eigenvalue weighted by Gasteiger charge is 2.28. The zero-order chi connectivity index (χ0) is 21.5. The van der Waals surface area contributed by atoms with Gasteiger partial charge in [0.2, 0.25) is 0 Å². The van der Waals surface area contributed by atoms with Gasteiger partial charge in [0.15, 0.2) is 5.78 Å². The fourth-order valence-corrected chi connectivity index (χ4v) is 3.39. The average Bonchev–Trinajstić information content (AvgIpc) is 2.77. The molecular formula is C25H25NO4. The third kappa shape index (κ3) is 5.32. The molecule has 1 heterocycles. The van der Waals surface area contributed by atoms with Crippen molar-refractivity contribution in [3.05, 3.63) is 95.3 Å². The minimum absolute atomic E-state index is 0.105. The second-order valence-electron chi connectivity index (χ2n) is 7.42. The minimum atomic E-state index is -0.907. The molecule has 1 aromatic heterocycles. The molecule has 0 amide bonds. The number of carbonyl (C=O) groups is 2. The molecule has 2 aromatic carbocycles. The van der Waals surface area contributed by atoms with Crippen LogP contribution in [0.2, 0.25) is 0 Å². The molecule has 0 aliphatic rings. The largest absolute Gasteiger partial charge is 0.489 e. The normalized spacial score (nSPS) is 12.7. The lowest BCUT2D eigenvalue weighted by Gasteiger charge is -2.21. The number of hydrogen-bond donors (Lipinski definition) is 1. The van der Waals surface area contributed by atoms with Gasteiger partial charge in [-0.05, 0) is 54.3 Å². The number of carboxylic acid groups (broad SMARTS) is 1. The van der Waals surface area contributed by atoms with E-state index in [1.54, 1.807) is 43.6 Å². The van der Waals surface area contributed by atoms with Crippen LogP contribution >= 0.6 is 0 Å². The molecule has 0 saturated carbocycles. The lowest BCUT2D eigenvalue weighted by molar-refractivity contribution is -0.141. The lowest BCUT2D eigenvalue weighted by Crippen LogP contribution is -2.21. The first-order chi connectivity index (χ1) is 14.5. The monoisotopic (exact) mass is 403 g/mol. The van der Waals surface area contributed by atoms with Crippen LogP contribution < -0.4 is 4.74 Å². The van der Waals surface area contributed by atoms with Crippen LogP contribution in [0.15, 0.2) is 73.1 Å². The number of carboxylic acids is 1. The van der Waals surface area contributed by atoms with Crippen LogP contribution in [0.3, 0.4) is 0 Å². The van der Waals surface area contributed by atoms with Gasteiger partial charge in [-0.15, -0.1) is 0 Å². The van der Waals surface area contributed by atoms with E-state index in [1.165, 1.54) is 0 Å². The number of ether oxygens (including phenoxy) is 1. The van der Waals surface area contributed by atoms with Crippen LogP contribution in [0.1, 0.15) is 46.3 Å². The highest BCUT2D eigenvalue weighted by molar-refractivity contribution is 6.01. The van der Waals surface area contributed by atoms with Gasteiger partial charge in [-0.1, -0.05) is 43.3 Å². The Bertz CT molecular complexity index is 1020. The van der Waals surface area contributed by atoms with Crippen molar-refractivity contribution < 1.29 is 19.4 Å². The highest BCUT2D eigenvalue weighted by atomic mass is 16.5. The molecule has 1 N–H and O–H groups in total. The molecule has 5 nitrogen and oxygen atoms in total. The highest BCUT2D eigenvalue weighted by Crippen LogP contribution is 2.31. The van der Waals surface area contributed by atoms with Crippen LogP contribution in [0.4, 0.5) is 0 Å². The number of ketones is 1. The van der Waals surface area contributed by atoms with Crippen molar-refractivity contribution in [1.29, 1.82) is 0 Å². The molecular weight excluding hydrogens is 378 g/mol. The molecule has 3 aromatic rings. The van der Waals surface area contributed by atoms with Gasteiger partial charge < -0.3 is 9.84 Å². The predicted molar refractivity (Wildman–Crippen MR) is 115 cm³/mol. The van der Waals surface area contributed by atoms with Gasteiger partial charge in [-0.3, -0.25) is 14.6 Å². The summed E-state index contributed by atoms with van der Waals surface area (Å²) in [6.07, 6.45) is 3.64. The summed E-state index contributed by atoms with van der Waals surface area (Å²) in [7, 11) is 0. The molecule has 0 aliphatic carbocycles. The lowest BCUT2D eigenvalue weighted by atomic mass is 9.82. The molecule has 0 fully saturated rings. The van der Waals surface area contributed by atoms with Crippen molar-refractivity contribution in [2.45, 2.75) is 32.8 Å². The topological polar surface area (TPSA) is 76.5 Å². The van der Waals surface area contributed by atoms with E-state index in [4.69, 9.17) is 4.74 Å². The van der Waals surface area contributed by atoms with Crippen molar-refractivity contribution in [2.75, 3.05) is 0 Å². The Labute approximate surface area is 176 Å². The Morgan fingerprint density at radius 3 is 2.47 bits per heavy atom. The van der Waals surface area contributed by atoms with Gasteiger partial charge >= 0.3 is 5.97 Å². The van der Waals surface area contributed by atoms with Crippen molar-refractivity contribution in [3.63, 3.8) is 0 Å². The molecule has 30 heavy (non-hydrogen) atoms. The fraction of sp³-hybridized carbons (Fsp3) is 0.240. The molecule has 3 rings (SSSR count). The van der Waals surface area contributed by atoms with E-state index in [2.05, 4.69) is 4.98 Å². The summed E-state index contributed by atoms with van der Waals surface area (Å²) in [5, 5.41) is 9.39. The molecule has 0 saturated heterocycles. The van der Waals surface area contributed by atoms with Crippen LogP contribution in [0, 0.1) is 12.8 Å². The zero-order valence-electron chi connectivity index (χ0n) is 17.1. The Kier molecular flexibility index (Phi) is 6.96. The Balaban J connectivity index is 1.85. The van der Waals surface area contributed by atoms with Gasteiger partial charge in [-0.2, -0.15) is 0 Å². The number of nitrogens with zero attached hydrogens (tertiary/aromatic N) is 1. The number of aryl methyl sites for hydroxylation is 1. The number of hydrogen-bond acceptors (Lipinski definition) is 4. The van der Waals surface area contributed by atoms with Crippen molar-refractivity contribution in [1.82, 2.24) is 4.98 Å². The molecule has 0 bridgehead atoms. The standard InChI is InChI=1S/C25H25NO4/c1-17-6-3-4-9-22(17)23(14-18(2)25(28)29)24(27)20-7-5-8-21(15-20)30-16-19-10-12-26-13-11-19/h3-13,15,18,23H,14,16H2,1-2H3,(H,28,29). The molecule has 154 valence electrons. The number of pyridine rings is 1. The Hall–Kier alpha value is -3.47. The van der Waals surface area contributed by atoms with Gasteiger partial charge in [-0.25, -0.2) is 0 Å². The number of aliphatic carboxylic acids is 1. The van der Waals surface area contributed by atoms with Crippen molar-refractivity contribution in [3.8, 4) is 5.75 Å². The van der Waals surface area contributed by atoms with Crippen molar-refractivity contribution in [2.24, 2.45) is 5.92 Å². The van der Waals surface area contributed by atoms with E-state index < -0.39 is 17.8 Å². The van der Waals surface area contributed by atoms with Crippen molar-refractivity contribution >= 4 is 11.8 Å². The van der Waals surface area contributed by atoms with Crippen LogP contribution in [-0.4, -0.2) is 21.8 Å². The predicted octanol–water partition coefficient (Wildman–Crippen LogP) is 5.05. The van der Waals surface area contributed by atoms with Gasteiger partial charge in [0.25, 0.3) is 0 Å². The number of aromatic nitrogens is 1. The van der Waals surface area contributed by atoms with E-state index in [-0.39, 0.29) is 12.2 Å². The van der Waals surface area contributed by atoms with Gasteiger partial charge in [0.05, 0.1) is 5.92 Å². The Morgan fingerprint density at radius 2 is 1.77 bits per heavy atom.